The number of alkyl halides is 3. The topological polar surface area (TPSA) is 59.0 Å². The molecular formula is C14H15F3N4O. The number of anilines is 2. The highest BCUT2D eigenvalue weighted by atomic mass is 19.4. The Bertz CT molecular complexity index is 625. The van der Waals surface area contributed by atoms with Crippen LogP contribution in [0, 0.1) is 0 Å². The highest BCUT2D eigenvalue weighted by Crippen LogP contribution is 2.18. The largest absolute Gasteiger partial charge is 0.408 e. The molecule has 1 aromatic heterocycles. The first-order valence-corrected chi connectivity index (χ1v) is 6.56. The summed E-state index contributed by atoms with van der Waals surface area (Å²) < 4.78 is 37.5. The van der Waals surface area contributed by atoms with Gasteiger partial charge in [0.2, 0.25) is 5.91 Å². The molecule has 0 aliphatic carbocycles. The number of hydrogen-bond donors (Lipinski definition) is 2. The fourth-order valence-corrected chi connectivity index (χ4v) is 1.77. The van der Waals surface area contributed by atoms with Crippen molar-refractivity contribution in [3.63, 3.8) is 0 Å². The lowest BCUT2D eigenvalue weighted by atomic mass is 10.2. The number of aromatic nitrogens is 2. The summed E-state index contributed by atoms with van der Waals surface area (Å²) in [6.45, 7) is 0.431. The average molecular weight is 312 g/mol. The van der Waals surface area contributed by atoms with Gasteiger partial charge in [-0.2, -0.15) is 18.3 Å². The molecule has 2 aromatic rings. The Hall–Kier alpha value is -2.51. The zero-order valence-corrected chi connectivity index (χ0v) is 11.8. The van der Waals surface area contributed by atoms with Crippen molar-refractivity contribution >= 4 is 17.4 Å². The normalized spacial score (nSPS) is 12.7. The molecule has 0 bridgehead atoms. The summed E-state index contributed by atoms with van der Waals surface area (Å²) in [4.78, 5) is 12.0. The van der Waals surface area contributed by atoms with E-state index in [1.54, 1.807) is 31.2 Å². The van der Waals surface area contributed by atoms with Gasteiger partial charge in [0.15, 0.2) is 0 Å². The number of hydrogen-bond acceptors (Lipinski definition) is 3. The smallest absolute Gasteiger partial charge is 0.357 e. The number of rotatable bonds is 5. The van der Waals surface area contributed by atoms with Crippen molar-refractivity contribution in [3.8, 4) is 0 Å². The van der Waals surface area contributed by atoms with Crippen molar-refractivity contribution in [2.75, 3.05) is 10.6 Å². The van der Waals surface area contributed by atoms with Gasteiger partial charge in [0.25, 0.3) is 0 Å². The second kappa shape index (κ2) is 6.50. The van der Waals surface area contributed by atoms with E-state index in [9.17, 15) is 18.0 Å². The first kappa shape index (κ1) is 15.9. The number of nitrogens with one attached hydrogen (secondary N) is 2. The molecule has 1 heterocycles. The number of nitrogens with zero attached hydrogens (tertiary/aromatic N) is 2. The Morgan fingerprint density at radius 3 is 2.59 bits per heavy atom. The van der Waals surface area contributed by atoms with Crippen LogP contribution in [0.3, 0.4) is 0 Å². The monoisotopic (exact) mass is 312 g/mol. The van der Waals surface area contributed by atoms with Crippen LogP contribution >= 0.6 is 0 Å². The van der Waals surface area contributed by atoms with Crippen molar-refractivity contribution < 1.29 is 18.0 Å². The van der Waals surface area contributed by atoms with Crippen molar-refractivity contribution in [3.05, 3.63) is 42.6 Å². The fraction of sp³-hybridized carbons (Fsp3) is 0.286. The van der Waals surface area contributed by atoms with Crippen LogP contribution in [-0.2, 0) is 11.3 Å². The number of amides is 1. The minimum absolute atomic E-state index is 0.208. The van der Waals surface area contributed by atoms with Crippen molar-refractivity contribution in [1.82, 2.24) is 9.78 Å². The van der Waals surface area contributed by atoms with Gasteiger partial charge in [0.05, 0.1) is 0 Å². The van der Waals surface area contributed by atoms with Crippen LogP contribution in [0.1, 0.15) is 6.92 Å². The van der Waals surface area contributed by atoms with Crippen molar-refractivity contribution in [1.29, 1.82) is 0 Å². The van der Waals surface area contributed by atoms with Gasteiger partial charge in [-0.1, -0.05) is 18.2 Å². The van der Waals surface area contributed by atoms with E-state index in [0.29, 0.717) is 5.69 Å². The Morgan fingerprint density at radius 1 is 1.27 bits per heavy atom. The summed E-state index contributed by atoms with van der Waals surface area (Å²) in [5.74, 6) is -0.100. The predicted octanol–water partition coefficient (Wildman–Crippen LogP) is 2.88. The van der Waals surface area contributed by atoms with Crippen molar-refractivity contribution in [2.24, 2.45) is 0 Å². The minimum Gasteiger partial charge on any atom is -0.357 e. The van der Waals surface area contributed by atoms with E-state index in [1.165, 1.54) is 12.3 Å². The van der Waals surface area contributed by atoms with E-state index in [-0.39, 0.29) is 11.7 Å². The van der Waals surface area contributed by atoms with E-state index in [0.717, 1.165) is 4.68 Å². The van der Waals surface area contributed by atoms with Crippen LogP contribution < -0.4 is 10.6 Å². The van der Waals surface area contributed by atoms with E-state index in [2.05, 4.69) is 15.7 Å². The van der Waals surface area contributed by atoms with Crippen LogP contribution in [0.15, 0.2) is 42.6 Å². The molecule has 1 amide bonds. The highest BCUT2D eigenvalue weighted by Gasteiger charge is 2.28. The average Bonchev–Trinajstić information content (AvgIpc) is 2.84. The molecule has 1 aromatic carbocycles. The third-order valence-electron chi connectivity index (χ3n) is 2.78. The summed E-state index contributed by atoms with van der Waals surface area (Å²) in [7, 11) is 0. The Kier molecular flexibility index (Phi) is 4.69. The fourth-order valence-electron chi connectivity index (χ4n) is 1.77. The van der Waals surface area contributed by atoms with E-state index >= 15 is 0 Å². The summed E-state index contributed by atoms with van der Waals surface area (Å²) in [5, 5.41) is 9.18. The molecule has 0 spiro atoms. The van der Waals surface area contributed by atoms with Gasteiger partial charge in [-0.3, -0.25) is 9.48 Å². The third-order valence-corrected chi connectivity index (χ3v) is 2.78. The van der Waals surface area contributed by atoms with E-state index in [4.69, 9.17) is 0 Å². The maximum absolute atomic E-state index is 12.2. The molecule has 0 saturated heterocycles. The molecule has 8 heteroatoms. The van der Waals surface area contributed by atoms with Gasteiger partial charge in [-0.15, -0.1) is 0 Å². The third kappa shape index (κ3) is 4.80. The van der Waals surface area contributed by atoms with Crippen LogP contribution in [0.5, 0.6) is 0 Å². The van der Waals surface area contributed by atoms with Gasteiger partial charge in [0, 0.05) is 18.0 Å². The Labute approximate surface area is 125 Å². The molecule has 1 atom stereocenters. The Morgan fingerprint density at radius 2 is 1.95 bits per heavy atom. The van der Waals surface area contributed by atoms with Crippen LogP contribution in [0.25, 0.3) is 0 Å². The maximum atomic E-state index is 12.2. The van der Waals surface area contributed by atoms with Crippen LogP contribution in [-0.4, -0.2) is 27.9 Å². The second-order valence-corrected chi connectivity index (χ2v) is 4.74. The number of para-hydroxylation sites is 1. The highest BCUT2D eigenvalue weighted by molar-refractivity contribution is 5.96. The molecule has 0 fully saturated rings. The minimum atomic E-state index is -4.33. The number of carbonyl (C=O) groups excluding carboxylic acids is 1. The maximum Gasteiger partial charge on any atom is 0.408 e. The summed E-state index contributed by atoms with van der Waals surface area (Å²) >= 11 is 0. The Balaban J connectivity index is 1.91. The standard InChI is InChI=1S/C14H15F3N4O/c1-10(13(22)19-11-5-3-2-4-6-11)18-12-7-8-21(20-12)9-14(15,16)17/h2-8,10H,9H2,1H3,(H,18,20)(H,19,22). The SMILES string of the molecule is CC(Nc1ccn(CC(F)(F)F)n1)C(=O)Nc1ccccc1. The first-order chi connectivity index (χ1) is 10.3. The van der Waals surface area contributed by atoms with Crippen LogP contribution in [0.2, 0.25) is 0 Å². The van der Waals surface area contributed by atoms with Crippen molar-refractivity contribution in [2.45, 2.75) is 25.7 Å². The quantitative estimate of drug-likeness (QED) is 0.892. The van der Waals surface area contributed by atoms with E-state index < -0.39 is 18.8 Å². The van der Waals surface area contributed by atoms with Gasteiger partial charge >= 0.3 is 6.18 Å². The first-order valence-electron chi connectivity index (χ1n) is 6.56. The molecule has 118 valence electrons. The summed E-state index contributed by atoms with van der Waals surface area (Å²) in [6, 6.07) is 9.61. The van der Waals surface area contributed by atoms with Gasteiger partial charge in [0.1, 0.15) is 18.4 Å². The van der Waals surface area contributed by atoms with E-state index in [1.807, 2.05) is 6.07 Å². The lowest BCUT2D eigenvalue weighted by Gasteiger charge is -2.13. The molecular weight excluding hydrogens is 297 g/mol. The molecule has 5 nitrogen and oxygen atoms in total. The predicted molar refractivity (Wildman–Crippen MR) is 76.4 cm³/mol. The molecule has 0 saturated carbocycles. The lowest BCUT2D eigenvalue weighted by molar-refractivity contribution is -0.142. The van der Waals surface area contributed by atoms with Gasteiger partial charge < -0.3 is 10.6 Å². The number of halogens is 3. The molecule has 22 heavy (non-hydrogen) atoms. The van der Waals surface area contributed by atoms with Gasteiger partial charge in [-0.25, -0.2) is 0 Å². The molecule has 2 N–H and O–H groups in total. The second-order valence-electron chi connectivity index (χ2n) is 4.74. The molecule has 1 unspecified atom stereocenters. The number of benzene rings is 1. The number of carbonyl (C=O) groups is 1. The van der Waals surface area contributed by atoms with Crippen LogP contribution in [0.4, 0.5) is 24.7 Å². The summed E-state index contributed by atoms with van der Waals surface area (Å²) in [6.07, 6.45) is -3.13. The molecule has 0 radical (unpaired) electrons. The zero-order valence-electron chi connectivity index (χ0n) is 11.8. The van der Waals surface area contributed by atoms with Gasteiger partial charge in [-0.05, 0) is 19.1 Å². The molecule has 0 aliphatic heterocycles. The summed E-state index contributed by atoms with van der Waals surface area (Å²) in [5.41, 5.74) is 0.642. The zero-order chi connectivity index (χ0) is 16.2. The molecule has 0 aliphatic rings. The lowest BCUT2D eigenvalue weighted by Crippen LogP contribution is -2.32. The molecule has 2 rings (SSSR count).